The Hall–Kier alpha value is -0.770. The van der Waals surface area contributed by atoms with E-state index in [9.17, 15) is 13.2 Å². The summed E-state index contributed by atoms with van der Waals surface area (Å²) in [6.45, 7) is 7.53. The molecule has 0 aliphatic carbocycles. The number of allylic oxidation sites excluding steroid dienone is 1. The first-order valence-corrected chi connectivity index (χ1v) is 4.54. The standard InChI is InChI=1S/C10H14F3N/c1-6(2)4-8(10(11,12)13)7(3)9-5-14-9/h4,6,9,14H,3,5H2,1-2H3/b8-4+. The van der Waals surface area contributed by atoms with Gasteiger partial charge in [0.25, 0.3) is 0 Å². The molecule has 1 unspecified atom stereocenters. The fraction of sp³-hybridized carbons (Fsp3) is 0.600. The van der Waals surface area contributed by atoms with Gasteiger partial charge in [0.15, 0.2) is 0 Å². The summed E-state index contributed by atoms with van der Waals surface area (Å²) in [7, 11) is 0. The third-order valence-corrected chi connectivity index (χ3v) is 1.98. The Labute approximate surface area is 81.7 Å². The molecule has 1 nitrogen and oxygen atoms in total. The van der Waals surface area contributed by atoms with E-state index in [1.165, 1.54) is 6.08 Å². The van der Waals surface area contributed by atoms with E-state index >= 15 is 0 Å². The monoisotopic (exact) mass is 205 g/mol. The average Bonchev–Trinajstić information content (AvgIpc) is 2.78. The highest BCUT2D eigenvalue weighted by atomic mass is 19.4. The van der Waals surface area contributed by atoms with Crippen molar-refractivity contribution in [2.24, 2.45) is 5.92 Å². The Morgan fingerprint density at radius 3 is 2.29 bits per heavy atom. The van der Waals surface area contributed by atoms with Crippen molar-refractivity contribution in [3.63, 3.8) is 0 Å². The van der Waals surface area contributed by atoms with Crippen LogP contribution in [0.3, 0.4) is 0 Å². The molecule has 1 aliphatic heterocycles. The minimum Gasteiger partial charge on any atom is -0.307 e. The maximum absolute atomic E-state index is 12.6. The number of hydrogen-bond donors (Lipinski definition) is 1. The number of halogens is 3. The van der Waals surface area contributed by atoms with Crippen LogP contribution in [0.2, 0.25) is 0 Å². The normalized spacial score (nSPS) is 22.7. The van der Waals surface area contributed by atoms with Crippen molar-refractivity contribution in [3.8, 4) is 0 Å². The van der Waals surface area contributed by atoms with Crippen LogP contribution in [-0.2, 0) is 0 Å². The van der Waals surface area contributed by atoms with Gasteiger partial charge in [0.1, 0.15) is 0 Å². The van der Waals surface area contributed by atoms with Crippen LogP contribution < -0.4 is 5.32 Å². The summed E-state index contributed by atoms with van der Waals surface area (Å²) in [4.78, 5) is 0. The van der Waals surface area contributed by atoms with Crippen molar-refractivity contribution in [2.75, 3.05) is 6.54 Å². The molecular weight excluding hydrogens is 191 g/mol. The maximum atomic E-state index is 12.6. The summed E-state index contributed by atoms with van der Waals surface area (Å²) < 4.78 is 37.7. The molecule has 0 aromatic carbocycles. The van der Waals surface area contributed by atoms with Crippen LogP contribution in [0.15, 0.2) is 23.8 Å². The summed E-state index contributed by atoms with van der Waals surface area (Å²) in [5, 5.41) is 2.82. The second-order valence-electron chi connectivity index (χ2n) is 3.81. The third-order valence-electron chi connectivity index (χ3n) is 1.98. The fourth-order valence-electron chi connectivity index (χ4n) is 1.21. The van der Waals surface area contributed by atoms with Gasteiger partial charge in [-0.05, 0) is 11.5 Å². The van der Waals surface area contributed by atoms with E-state index in [0.29, 0.717) is 6.54 Å². The molecule has 1 aliphatic rings. The van der Waals surface area contributed by atoms with E-state index in [1.54, 1.807) is 13.8 Å². The first-order valence-electron chi connectivity index (χ1n) is 4.54. The highest BCUT2D eigenvalue weighted by Crippen LogP contribution is 2.34. The van der Waals surface area contributed by atoms with Crippen LogP contribution >= 0.6 is 0 Å². The lowest BCUT2D eigenvalue weighted by molar-refractivity contribution is -0.0899. The van der Waals surface area contributed by atoms with E-state index in [4.69, 9.17) is 0 Å². The second kappa shape index (κ2) is 3.77. The molecule has 0 amide bonds. The first kappa shape index (κ1) is 11.3. The summed E-state index contributed by atoms with van der Waals surface area (Å²) >= 11 is 0. The van der Waals surface area contributed by atoms with Crippen LogP contribution in [0.4, 0.5) is 13.2 Å². The van der Waals surface area contributed by atoms with E-state index in [0.717, 1.165) is 0 Å². The Morgan fingerprint density at radius 2 is 2.00 bits per heavy atom. The summed E-state index contributed by atoms with van der Waals surface area (Å²) in [5.41, 5.74) is -0.422. The van der Waals surface area contributed by atoms with Gasteiger partial charge in [0.2, 0.25) is 0 Å². The lowest BCUT2D eigenvalue weighted by Gasteiger charge is -2.14. The van der Waals surface area contributed by atoms with Crippen LogP contribution in [0.5, 0.6) is 0 Å². The molecule has 4 heteroatoms. The van der Waals surface area contributed by atoms with E-state index < -0.39 is 11.7 Å². The largest absolute Gasteiger partial charge is 0.416 e. The van der Waals surface area contributed by atoms with Crippen molar-refractivity contribution in [1.29, 1.82) is 0 Å². The van der Waals surface area contributed by atoms with Crippen LogP contribution in [-0.4, -0.2) is 18.8 Å². The first-order chi connectivity index (χ1) is 6.32. The zero-order valence-corrected chi connectivity index (χ0v) is 8.28. The Kier molecular flexibility index (Phi) is 3.04. The van der Waals surface area contributed by atoms with Crippen molar-refractivity contribution >= 4 is 0 Å². The van der Waals surface area contributed by atoms with Crippen molar-refractivity contribution in [2.45, 2.75) is 26.1 Å². The van der Waals surface area contributed by atoms with Gasteiger partial charge in [-0.3, -0.25) is 0 Å². The van der Waals surface area contributed by atoms with Gasteiger partial charge >= 0.3 is 6.18 Å². The Balaban J connectivity index is 2.86. The van der Waals surface area contributed by atoms with Crippen molar-refractivity contribution < 1.29 is 13.2 Å². The van der Waals surface area contributed by atoms with E-state index in [1.807, 2.05) is 0 Å². The number of alkyl halides is 3. The van der Waals surface area contributed by atoms with Gasteiger partial charge in [0.05, 0.1) is 5.57 Å². The number of rotatable bonds is 3. The minimum absolute atomic E-state index is 0.123. The maximum Gasteiger partial charge on any atom is 0.416 e. The third kappa shape index (κ3) is 2.87. The highest BCUT2D eigenvalue weighted by molar-refractivity contribution is 5.39. The summed E-state index contributed by atoms with van der Waals surface area (Å²) in [6.07, 6.45) is -3.06. The predicted molar refractivity (Wildman–Crippen MR) is 49.9 cm³/mol. The van der Waals surface area contributed by atoms with Crippen LogP contribution in [0.25, 0.3) is 0 Å². The molecule has 0 spiro atoms. The quantitative estimate of drug-likeness (QED) is 0.555. The molecule has 1 heterocycles. The van der Waals surface area contributed by atoms with Gasteiger partial charge in [0, 0.05) is 12.6 Å². The van der Waals surface area contributed by atoms with Crippen molar-refractivity contribution in [3.05, 3.63) is 23.8 Å². The molecule has 1 fully saturated rings. The van der Waals surface area contributed by atoms with Crippen molar-refractivity contribution in [1.82, 2.24) is 5.32 Å². The van der Waals surface area contributed by atoms with Gasteiger partial charge in [-0.2, -0.15) is 13.2 Å². The molecule has 80 valence electrons. The Morgan fingerprint density at radius 1 is 1.50 bits per heavy atom. The molecule has 0 saturated carbocycles. The van der Waals surface area contributed by atoms with Gasteiger partial charge in [-0.25, -0.2) is 0 Å². The molecule has 0 aromatic heterocycles. The van der Waals surface area contributed by atoms with E-state index in [2.05, 4.69) is 11.9 Å². The molecule has 0 radical (unpaired) electrons. The van der Waals surface area contributed by atoms with Gasteiger partial charge in [-0.1, -0.05) is 26.5 Å². The average molecular weight is 205 g/mol. The summed E-state index contributed by atoms with van der Waals surface area (Å²) in [6, 6.07) is -0.179. The predicted octanol–water partition coefficient (Wildman–Crippen LogP) is 2.66. The molecule has 1 rings (SSSR count). The molecule has 0 aromatic rings. The lowest BCUT2D eigenvalue weighted by atomic mass is 10.00. The van der Waals surface area contributed by atoms with Crippen LogP contribution in [0, 0.1) is 5.92 Å². The molecule has 0 bridgehead atoms. The Bertz CT molecular complexity index is 259. The van der Waals surface area contributed by atoms with Crippen LogP contribution in [0.1, 0.15) is 13.8 Å². The second-order valence-corrected chi connectivity index (χ2v) is 3.81. The number of hydrogen-bond acceptors (Lipinski definition) is 1. The smallest absolute Gasteiger partial charge is 0.307 e. The molecule has 14 heavy (non-hydrogen) atoms. The summed E-state index contributed by atoms with van der Waals surface area (Å²) in [5.74, 6) is -0.123. The van der Waals surface area contributed by atoms with Gasteiger partial charge < -0.3 is 5.32 Å². The molecular formula is C10H14F3N. The SMILES string of the molecule is C=C(/C(=C\C(C)C)C(F)(F)F)C1CN1. The zero-order valence-electron chi connectivity index (χ0n) is 8.28. The van der Waals surface area contributed by atoms with E-state index in [-0.39, 0.29) is 17.5 Å². The lowest BCUT2D eigenvalue weighted by Crippen LogP contribution is -2.17. The number of nitrogens with one attached hydrogen (secondary N) is 1. The zero-order chi connectivity index (χ0) is 10.9. The van der Waals surface area contributed by atoms with Gasteiger partial charge in [-0.15, -0.1) is 0 Å². The highest BCUT2D eigenvalue weighted by Gasteiger charge is 2.39. The minimum atomic E-state index is -4.29. The molecule has 1 atom stereocenters. The fourth-order valence-corrected chi connectivity index (χ4v) is 1.21. The topological polar surface area (TPSA) is 21.9 Å². The molecule has 1 saturated heterocycles. The molecule has 1 N–H and O–H groups in total.